The number of carbonyl (C=O) groups is 2. The third-order valence-electron chi connectivity index (χ3n) is 2.12. The molecular weight excluding hydrogens is 271 g/mol. The number of carboxylic acid groups (broad SMARTS) is 2. The van der Waals surface area contributed by atoms with Crippen LogP contribution in [0.15, 0.2) is 54.6 Å². The first-order chi connectivity index (χ1) is 9.00. The molecular formula is C14H11NaO5. The molecule has 20 heavy (non-hydrogen) atoms. The van der Waals surface area contributed by atoms with Crippen LogP contribution >= 0.6 is 0 Å². The number of phenols is 1. The number of carboxylic acids is 2. The molecule has 0 unspecified atom stereocenters. The zero-order valence-electron chi connectivity index (χ0n) is 10.8. The minimum absolute atomic E-state index is 0. The first kappa shape index (κ1) is 18.2. The third-order valence-corrected chi connectivity index (χ3v) is 2.12. The van der Waals surface area contributed by atoms with Crippen molar-refractivity contribution in [3.05, 3.63) is 65.7 Å². The van der Waals surface area contributed by atoms with Crippen LogP contribution in [0.1, 0.15) is 20.7 Å². The van der Waals surface area contributed by atoms with Crippen molar-refractivity contribution in [3.63, 3.8) is 0 Å². The number of carbonyl (C=O) groups excluding carboxylic acids is 1. The van der Waals surface area contributed by atoms with Gasteiger partial charge in [0.15, 0.2) is 0 Å². The molecule has 0 aromatic heterocycles. The molecule has 0 aliphatic carbocycles. The zero-order chi connectivity index (χ0) is 14.3. The number of phenolic OH excluding ortho intramolecular Hbond substituents is 1. The van der Waals surface area contributed by atoms with Gasteiger partial charge in [0.2, 0.25) is 0 Å². The molecule has 0 radical (unpaired) electrons. The standard InChI is InChI=1S/C7H6O3.C7H6O2.Na/c8-6-3-1-5(2-4-6)7(9)10;8-7(9)6-4-2-1-3-5-6;/h1-4,8H,(H,9,10);1-5H,(H,8,9);/q;;+1/p-1. The second kappa shape index (κ2) is 9.14. The molecule has 2 aromatic carbocycles. The zero-order valence-corrected chi connectivity index (χ0v) is 12.8. The second-order valence-electron chi connectivity index (χ2n) is 3.51. The van der Waals surface area contributed by atoms with Gasteiger partial charge in [0.25, 0.3) is 0 Å². The Morgan fingerprint density at radius 1 is 0.850 bits per heavy atom. The van der Waals surface area contributed by atoms with Crippen molar-refractivity contribution in [2.24, 2.45) is 0 Å². The molecule has 0 amide bonds. The van der Waals surface area contributed by atoms with E-state index in [1.165, 1.54) is 36.4 Å². The van der Waals surface area contributed by atoms with E-state index in [1.807, 2.05) is 0 Å². The van der Waals surface area contributed by atoms with Gasteiger partial charge in [-0.25, -0.2) is 4.79 Å². The summed E-state index contributed by atoms with van der Waals surface area (Å²) in [6, 6.07) is 13.4. The number of hydrogen-bond donors (Lipinski definition) is 2. The van der Waals surface area contributed by atoms with Crippen LogP contribution in [0.2, 0.25) is 0 Å². The minimum atomic E-state index is -1.13. The molecule has 98 valence electrons. The summed E-state index contributed by atoms with van der Waals surface area (Å²) >= 11 is 0. The Kier molecular flexibility index (Phi) is 8.31. The SMILES string of the molecule is O=C(O)c1ccc(O)cc1.O=C([O-])c1ccccc1.[Na+]. The Morgan fingerprint density at radius 2 is 1.35 bits per heavy atom. The van der Waals surface area contributed by atoms with Crippen LogP contribution in [0.5, 0.6) is 5.75 Å². The van der Waals surface area contributed by atoms with Crippen LogP contribution in [0.3, 0.4) is 0 Å². The quantitative estimate of drug-likeness (QED) is 0.630. The maximum absolute atomic E-state index is 10.2. The fourth-order valence-corrected chi connectivity index (χ4v) is 1.18. The molecule has 2 rings (SSSR count). The predicted molar refractivity (Wildman–Crippen MR) is 65.8 cm³/mol. The molecule has 0 spiro atoms. The van der Waals surface area contributed by atoms with Crippen molar-refractivity contribution in [1.29, 1.82) is 0 Å². The number of hydrogen-bond acceptors (Lipinski definition) is 4. The van der Waals surface area contributed by atoms with Gasteiger partial charge in [-0.1, -0.05) is 30.3 Å². The van der Waals surface area contributed by atoms with Gasteiger partial charge in [0, 0.05) is 0 Å². The Labute approximate surface area is 137 Å². The van der Waals surface area contributed by atoms with Crippen molar-refractivity contribution in [2.75, 3.05) is 0 Å². The van der Waals surface area contributed by atoms with Gasteiger partial charge in [0.1, 0.15) is 5.75 Å². The van der Waals surface area contributed by atoms with Crippen LogP contribution in [0, 0.1) is 0 Å². The summed E-state index contributed by atoms with van der Waals surface area (Å²) in [6.45, 7) is 0. The smallest absolute Gasteiger partial charge is 0.545 e. The first-order valence-electron chi connectivity index (χ1n) is 5.29. The summed E-state index contributed by atoms with van der Waals surface area (Å²) in [4.78, 5) is 20.3. The van der Waals surface area contributed by atoms with Crippen molar-refractivity contribution in [1.82, 2.24) is 0 Å². The van der Waals surface area contributed by atoms with Crippen LogP contribution in [0.25, 0.3) is 0 Å². The van der Waals surface area contributed by atoms with Gasteiger partial charge in [-0.3, -0.25) is 0 Å². The molecule has 0 bridgehead atoms. The van der Waals surface area contributed by atoms with Crippen LogP contribution in [-0.4, -0.2) is 22.2 Å². The molecule has 0 aliphatic heterocycles. The van der Waals surface area contributed by atoms with E-state index in [0.717, 1.165) is 0 Å². The van der Waals surface area contributed by atoms with Crippen molar-refractivity contribution in [2.45, 2.75) is 0 Å². The summed E-state index contributed by atoms with van der Waals surface area (Å²) in [6.07, 6.45) is 0. The topological polar surface area (TPSA) is 97.7 Å². The van der Waals surface area contributed by atoms with Crippen LogP contribution in [-0.2, 0) is 0 Å². The van der Waals surface area contributed by atoms with Gasteiger partial charge in [-0.2, -0.15) is 0 Å². The van der Waals surface area contributed by atoms with Crippen molar-refractivity contribution in [3.8, 4) is 5.75 Å². The van der Waals surface area contributed by atoms with E-state index in [2.05, 4.69) is 0 Å². The Hall–Kier alpha value is -1.82. The molecule has 0 fully saturated rings. The summed E-state index contributed by atoms with van der Waals surface area (Å²) in [5.74, 6) is -2.04. The van der Waals surface area contributed by atoms with E-state index in [9.17, 15) is 14.7 Å². The maximum atomic E-state index is 10.2. The molecule has 5 nitrogen and oxygen atoms in total. The van der Waals surface area contributed by atoms with E-state index < -0.39 is 11.9 Å². The van der Waals surface area contributed by atoms with Gasteiger partial charge >= 0.3 is 35.5 Å². The molecule has 0 saturated heterocycles. The number of aromatic hydroxyl groups is 1. The Morgan fingerprint density at radius 3 is 1.70 bits per heavy atom. The third kappa shape index (κ3) is 6.38. The number of rotatable bonds is 2. The number of aromatic carboxylic acids is 2. The molecule has 0 heterocycles. The van der Waals surface area contributed by atoms with Gasteiger partial charge in [-0.05, 0) is 29.8 Å². The van der Waals surface area contributed by atoms with Crippen LogP contribution in [0.4, 0.5) is 0 Å². The summed E-state index contributed by atoms with van der Waals surface area (Å²) in [5, 5.41) is 27.2. The van der Waals surface area contributed by atoms with E-state index in [4.69, 9.17) is 10.2 Å². The van der Waals surface area contributed by atoms with Gasteiger partial charge < -0.3 is 20.1 Å². The van der Waals surface area contributed by atoms with Gasteiger partial charge in [-0.15, -0.1) is 0 Å². The summed E-state index contributed by atoms with van der Waals surface area (Å²) in [7, 11) is 0. The van der Waals surface area contributed by atoms with Crippen molar-refractivity contribution >= 4 is 11.9 Å². The molecule has 0 atom stereocenters. The van der Waals surface area contributed by atoms with E-state index >= 15 is 0 Å². The minimum Gasteiger partial charge on any atom is -0.545 e. The largest absolute Gasteiger partial charge is 1.00 e. The average Bonchev–Trinajstić information content (AvgIpc) is 2.41. The first-order valence-corrected chi connectivity index (χ1v) is 5.29. The molecule has 6 heteroatoms. The average molecular weight is 282 g/mol. The second-order valence-corrected chi connectivity index (χ2v) is 3.51. The molecule has 2 N–H and O–H groups in total. The monoisotopic (exact) mass is 282 g/mol. The van der Waals surface area contributed by atoms with E-state index in [1.54, 1.807) is 18.2 Å². The molecule has 0 aliphatic rings. The van der Waals surface area contributed by atoms with Crippen LogP contribution < -0.4 is 34.7 Å². The van der Waals surface area contributed by atoms with E-state index in [0.29, 0.717) is 0 Å². The fourth-order valence-electron chi connectivity index (χ4n) is 1.18. The van der Waals surface area contributed by atoms with E-state index in [-0.39, 0.29) is 46.4 Å². The molecule has 2 aromatic rings. The normalized spacial score (nSPS) is 8.60. The summed E-state index contributed by atoms with van der Waals surface area (Å²) in [5.41, 5.74) is 0.398. The number of benzene rings is 2. The summed E-state index contributed by atoms with van der Waals surface area (Å²) < 4.78 is 0. The Balaban J connectivity index is 0.000000345. The van der Waals surface area contributed by atoms with Gasteiger partial charge in [0.05, 0.1) is 11.5 Å². The predicted octanol–water partition coefficient (Wildman–Crippen LogP) is -1.86. The Bertz CT molecular complexity index is 552. The van der Waals surface area contributed by atoms with Crippen molar-refractivity contribution < 1.29 is 54.5 Å². The maximum Gasteiger partial charge on any atom is 1.00 e. The molecule has 0 saturated carbocycles. The fraction of sp³-hybridized carbons (Fsp3) is 0.